The van der Waals surface area contributed by atoms with E-state index >= 15 is 0 Å². The molecule has 176 valence electrons. The number of alkyl halides is 3. The van der Waals surface area contributed by atoms with Crippen molar-refractivity contribution in [2.75, 3.05) is 13.3 Å². The van der Waals surface area contributed by atoms with Crippen LogP contribution in [0.15, 0.2) is 23.6 Å². The number of carboxylic acid groups (broad SMARTS) is 1. The Morgan fingerprint density at radius 1 is 1.24 bits per heavy atom. The number of fused-ring (bicyclic) bond motifs is 2. The van der Waals surface area contributed by atoms with Crippen molar-refractivity contribution < 1.29 is 32.5 Å². The fraction of sp³-hybridized carbons (Fsp3) is 0.368. The zero-order chi connectivity index (χ0) is 23.4. The molecule has 0 bridgehead atoms. The van der Waals surface area contributed by atoms with Crippen molar-refractivity contribution in [3.8, 4) is 22.1 Å². The van der Waals surface area contributed by atoms with Crippen LogP contribution in [-0.4, -0.2) is 50.3 Å². The summed E-state index contributed by atoms with van der Waals surface area (Å²) in [5.41, 5.74) is 2.06. The summed E-state index contributed by atoms with van der Waals surface area (Å²) in [6.07, 6.45) is -5.08. The van der Waals surface area contributed by atoms with E-state index in [1.807, 2.05) is 18.2 Å². The summed E-state index contributed by atoms with van der Waals surface area (Å²) in [7, 11) is 0. The highest BCUT2D eigenvalue weighted by atomic mass is 32.1. The lowest BCUT2D eigenvalue weighted by Crippen LogP contribution is -2.30. The second-order valence-corrected chi connectivity index (χ2v) is 7.84. The minimum atomic E-state index is -5.08. The molecule has 0 amide bonds. The van der Waals surface area contributed by atoms with Gasteiger partial charge in [0.25, 0.3) is 0 Å². The fourth-order valence-corrected chi connectivity index (χ4v) is 3.95. The van der Waals surface area contributed by atoms with Crippen LogP contribution in [0.5, 0.6) is 11.5 Å². The summed E-state index contributed by atoms with van der Waals surface area (Å²) in [6.45, 7) is 4.34. The fourth-order valence-electron chi connectivity index (χ4n) is 3.14. The third-order valence-corrected chi connectivity index (χ3v) is 5.64. The van der Waals surface area contributed by atoms with Gasteiger partial charge >= 0.3 is 12.1 Å². The third kappa shape index (κ3) is 5.58. The molecule has 2 aliphatic rings. The van der Waals surface area contributed by atoms with Gasteiger partial charge < -0.3 is 29.8 Å². The van der Waals surface area contributed by atoms with Crippen molar-refractivity contribution >= 4 is 17.3 Å². The van der Waals surface area contributed by atoms with E-state index in [2.05, 4.69) is 30.8 Å². The van der Waals surface area contributed by atoms with Crippen molar-refractivity contribution in [1.29, 1.82) is 0 Å². The van der Waals surface area contributed by atoms with Crippen LogP contribution in [0, 0.1) is 0 Å². The van der Waals surface area contributed by atoms with E-state index in [1.54, 1.807) is 11.3 Å². The van der Waals surface area contributed by atoms with Crippen LogP contribution < -0.4 is 20.1 Å². The smallest absolute Gasteiger partial charge is 0.475 e. The average molecular weight is 484 g/mol. The molecule has 10 nitrogen and oxygen atoms in total. The number of halogens is 3. The first-order valence-corrected chi connectivity index (χ1v) is 10.7. The molecule has 0 saturated carbocycles. The van der Waals surface area contributed by atoms with Crippen LogP contribution in [0.4, 0.5) is 13.2 Å². The molecule has 2 aromatic heterocycles. The second kappa shape index (κ2) is 9.72. The Kier molecular flexibility index (Phi) is 6.76. The van der Waals surface area contributed by atoms with Crippen LogP contribution >= 0.6 is 11.3 Å². The van der Waals surface area contributed by atoms with E-state index < -0.39 is 12.1 Å². The minimum Gasteiger partial charge on any atom is -0.475 e. The summed E-state index contributed by atoms with van der Waals surface area (Å²) in [5, 5.41) is 25.4. The average Bonchev–Trinajstić information content (AvgIpc) is 3.53. The Bertz CT molecular complexity index is 1130. The van der Waals surface area contributed by atoms with Gasteiger partial charge in [0.1, 0.15) is 16.7 Å². The molecule has 3 N–H and O–H groups in total. The molecule has 0 spiro atoms. The van der Waals surface area contributed by atoms with Gasteiger partial charge in [-0.15, -0.1) is 21.5 Å². The number of rotatable bonds is 5. The number of carbonyl (C=O) groups is 1. The van der Waals surface area contributed by atoms with E-state index in [0.717, 1.165) is 59.0 Å². The van der Waals surface area contributed by atoms with Gasteiger partial charge in [0, 0.05) is 30.6 Å². The van der Waals surface area contributed by atoms with E-state index in [1.165, 1.54) is 0 Å². The number of carboxylic acids is 1. The van der Waals surface area contributed by atoms with Crippen LogP contribution in [0.25, 0.3) is 10.6 Å². The number of nitrogens with one attached hydrogen (secondary N) is 2. The second-order valence-electron chi connectivity index (χ2n) is 6.98. The number of ether oxygens (including phenoxy) is 2. The summed E-state index contributed by atoms with van der Waals surface area (Å²) in [4.78, 5) is 13.6. The number of aliphatic carboxylic acids is 1. The zero-order valence-electron chi connectivity index (χ0n) is 17.1. The van der Waals surface area contributed by atoms with Gasteiger partial charge in [0.2, 0.25) is 6.79 Å². The van der Waals surface area contributed by atoms with Crippen LogP contribution in [0.3, 0.4) is 0 Å². The lowest BCUT2D eigenvalue weighted by Gasteiger charge is -2.16. The van der Waals surface area contributed by atoms with Crippen molar-refractivity contribution in [2.45, 2.75) is 32.4 Å². The number of hydrogen-bond donors (Lipinski definition) is 3. The Labute approximate surface area is 189 Å². The summed E-state index contributed by atoms with van der Waals surface area (Å²) >= 11 is 1.63. The Morgan fingerprint density at radius 3 is 2.82 bits per heavy atom. The van der Waals surface area contributed by atoms with E-state index in [-0.39, 0.29) is 6.79 Å². The molecular formula is C19H19F3N6O4S. The van der Waals surface area contributed by atoms with Gasteiger partial charge in [-0.3, -0.25) is 0 Å². The van der Waals surface area contributed by atoms with Crippen LogP contribution in [-0.2, 0) is 31.0 Å². The summed E-state index contributed by atoms with van der Waals surface area (Å²) in [6, 6.07) is 5.93. The molecule has 4 heterocycles. The maximum Gasteiger partial charge on any atom is 0.490 e. The molecule has 5 rings (SSSR count). The highest BCUT2D eigenvalue weighted by Crippen LogP contribution is 2.36. The van der Waals surface area contributed by atoms with Crippen molar-refractivity contribution in [1.82, 2.24) is 30.4 Å². The van der Waals surface area contributed by atoms with Crippen molar-refractivity contribution in [2.24, 2.45) is 0 Å². The number of nitrogens with zero attached hydrogens (tertiary/aromatic N) is 4. The van der Waals surface area contributed by atoms with Crippen molar-refractivity contribution in [3.63, 3.8) is 0 Å². The summed E-state index contributed by atoms with van der Waals surface area (Å²) < 4.78 is 44.7. The monoisotopic (exact) mass is 484 g/mol. The van der Waals surface area contributed by atoms with E-state index in [0.29, 0.717) is 13.1 Å². The predicted molar refractivity (Wildman–Crippen MR) is 110 cm³/mol. The lowest BCUT2D eigenvalue weighted by atomic mass is 10.2. The molecule has 0 saturated heterocycles. The highest BCUT2D eigenvalue weighted by molar-refractivity contribution is 7.13. The van der Waals surface area contributed by atoms with Crippen LogP contribution in [0.2, 0.25) is 0 Å². The third-order valence-electron chi connectivity index (χ3n) is 4.70. The quantitative estimate of drug-likeness (QED) is 0.500. The highest BCUT2D eigenvalue weighted by Gasteiger charge is 2.38. The Morgan fingerprint density at radius 2 is 2.03 bits per heavy atom. The molecule has 0 atom stereocenters. The first kappa shape index (κ1) is 22.9. The van der Waals surface area contributed by atoms with Gasteiger partial charge in [-0.25, -0.2) is 9.78 Å². The van der Waals surface area contributed by atoms with Gasteiger partial charge in [0.05, 0.1) is 18.8 Å². The molecule has 0 fully saturated rings. The Balaban J connectivity index is 0.000000325. The molecule has 33 heavy (non-hydrogen) atoms. The standard InChI is InChI=1S/C17H18N6O2S.C2HF3O2/c1-2-13-14(25-10-24-13)5-11(1)17-20-12(9-26-17)6-19-8-16-22-21-15-7-18-3-4-23(15)16;3-2(4,5)1(6)7/h1-2,5,9,18-19H,3-4,6-8,10H2;(H,6,7). The van der Waals surface area contributed by atoms with Gasteiger partial charge in [-0.2, -0.15) is 13.2 Å². The normalized spacial score (nSPS) is 14.4. The Hall–Kier alpha value is -3.23. The number of benzene rings is 1. The first-order chi connectivity index (χ1) is 15.8. The summed E-state index contributed by atoms with van der Waals surface area (Å²) in [5.74, 6) is 0.800. The van der Waals surface area contributed by atoms with E-state index in [9.17, 15) is 13.2 Å². The van der Waals surface area contributed by atoms with Gasteiger partial charge in [-0.1, -0.05) is 0 Å². The predicted octanol–water partition coefficient (Wildman–Crippen LogP) is 2.16. The topological polar surface area (TPSA) is 123 Å². The number of aromatic nitrogens is 4. The molecule has 0 radical (unpaired) electrons. The molecule has 0 aliphatic carbocycles. The largest absolute Gasteiger partial charge is 0.490 e. The number of thiazole rings is 1. The molecule has 14 heteroatoms. The lowest BCUT2D eigenvalue weighted by molar-refractivity contribution is -0.192. The molecular weight excluding hydrogens is 465 g/mol. The van der Waals surface area contributed by atoms with Crippen LogP contribution in [0.1, 0.15) is 17.3 Å². The van der Waals surface area contributed by atoms with E-state index in [4.69, 9.17) is 24.4 Å². The van der Waals surface area contributed by atoms with Gasteiger partial charge in [0.15, 0.2) is 11.5 Å². The minimum absolute atomic E-state index is 0.286. The zero-order valence-corrected chi connectivity index (χ0v) is 17.9. The molecule has 3 aromatic rings. The number of hydrogen-bond acceptors (Lipinski definition) is 9. The van der Waals surface area contributed by atoms with Gasteiger partial charge in [-0.05, 0) is 18.2 Å². The van der Waals surface area contributed by atoms with Crippen molar-refractivity contribution in [3.05, 3.63) is 40.9 Å². The first-order valence-electron chi connectivity index (χ1n) is 9.78. The molecule has 2 aliphatic heterocycles. The molecule has 0 unspecified atom stereocenters. The maximum absolute atomic E-state index is 10.6. The SMILES string of the molecule is O=C(O)C(F)(F)F.c1cc2c(cc1-c1nc(CNCc3nnc4n3CCNC4)cs1)OCO2. The maximum atomic E-state index is 10.6. The molecule has 1 aromatic carbocycles.